The Hall–Kier alpha value is -0.910. The molecule has 0 saturated heterocycles. The number of methoxy groups -OCH3 is 1. The third kappa shape index (κ3) is 4.08. The van der Waals surface area contributed by atoms with Gasteiger partial charge in [-0.05, 0) is 39.8 Å². The van der Waals surface area contributed by atoms with Crippen molar-refractivity contribution < 1.29 is 9.84 Å². The van der Waals surface area contributed by atoms with E-state index in [0.29, 0.717) is 13.0 Å². The largest absolute Gasteiger partial charge is 0.384 e. The average Bonchev–Trinajstić information content (AvgIpc) is 2.78. The fraction of sp³-hybridized carbons (Fsp3) is 0.769. The molecule has 104 valence electrons. The lowest BCUT2D eigenvalue weighted by molar-refractivity contribution is 0.0370. The number of hydrogen-bond acceptors (Lipinski definition) is 4. The quantitative estimate of drug-likeness (QED) is 0.687. The third-order valence-electron chi connectivity index (χ3n) is 2.98. The van der Waals surface area contributed by atoms with Crippen LogP contribution in [-0.2, 0) is 10.3 Å². The molecule has 1 aromatic rings. The first-order chi connectivity index (χ1) is 8.49. The van der Waals surface area contributed by atoms with Crippen LogP contribution in [0.1, 0.15) is 38.9 Å². The normalized spacial score (nSPS) is 15.0. The van der Waals surface area contributed by atoms with Crippen LogP contribution in [0.25, 0.3) is 0 Å². The summed E-state index contributed by atoms with van der Waals surface area (Å²) in [6.07, 6.45) is 2.39. The zero-order valence-electron chi connectivity index (χ0n) is 11.8. The van der Waals surface area contributed by atoms with E-state index in [9.17, 15) is 5.11 Å². The zero-order valence-corrected chi connectivity index (χ0v) is 11.8. The first kappa shape index (κ1) is 15.1. The maximum absolute atomic E-state index is 10.5. The Morgan fingerprint density at radius 3 is 2.83 bits per heavy atom. The molecule has 0 aromatic carbocycles. The number of aromatic nitrogens is 2. The van der Waals surface area contributed by atoms with E-state index >= 15 is 0 Å². The number of rotatable bonds is 8. The van der Waals surface area contributed by atoms with Crippen molar-refractivity contribution in [3.8, 4) is 0 Å². The van der Waals surface area contributed by atoms with E-state index < -0.39 is 5.60 Å². The fourth-order valence-electron chi connectivity index (χ4n) is 1.91. The van der Waals surface area contributed by atoms with Crippen LogP contribution in [0.5, 0.6) is 0 Å². The van der Waals surface area contributed by atoms with Gasteiger partial charge in [-0.3, -0.25) is 4.68 Å². The van der Waals surface area contributed by atoms with Crippen molar-refractivity contribution in [1.29, 1.82) is 0 Å². The highest BCUT2D eigenvalue weighted by Gasteiger charge is 2.27. The molecule has 1 aromatic heterocycles. The third-order valence-corrected chi connectivity index (χ3v) is 2.98. The van der Waals surface area contributed by atoms with E-state index in [1.54, 1.807) is 13.3 Å². The summed E-state index contributed by atoms with van der Waals surface area (Å²) in [7, 11) is 1.68. The van der Waals surface area contributed by atoms with Crippen molar-refractivity contribution >= 4 is 0 Å². The van der Waals surface area contributed by atoms with E-state index in [1.165, 1.54) is 0 Å². The van der Waals surface area contributed by atoms with Crippen LogP contribution < -0.4 is 5.32 Å². The van der Waals surface area contributed by atoms with Gasteiger partial charge in [-0.15, -0.1) is 0 Å². The number of aliphatic hydroxyl groups is 1. The smallest absolute Gasteiger partial charge is 0.105 e. The van der Waals surface area contributed by atoms with Crippen LogP contribution in [0.2, 0.25) is 0 Å². The molecule has 0 bridgehead atoms. The highest BCUT2D eigenvalue weighted by atomic mass is 16.5. The number of nitrogens with one attached hydrogen (secondary N) is 1. The summed E-state index contributed by atoms with van der Waals surface area (Å²) in [4.78, 5) is 0. The molecule has 18 heavy (non-hydrogen) atoms. The molecule has 0 aliphatic rings. The van der Waals surface area contributed by atoms with Crippen LogP contribution in [0, 0.1) is 0 Å². The molecule has 5 nitrogen and oxygen atoms in total. The maximum atomic E-state index is 10.5. The minimum Gasteiger partial charge on any atom is -0.384 e. The predicted octanol–water partition coefficient (Wildman–Crippen LogP) is 1.30. The van der Waals surface area contributed by atoms with Gasteiger partial charge in [0.1, 0.15) is 5.60 Å². The first-order valence-electron chi connectivity index (χ1n) is 6.45. The maximum Gasteiger partial charge on any atom is 0.105 e. The number of hydrogen-bond donors (Lipinski definition) is 2. The lowest BCUT2D eigenvalue weighted by Crippen LogP contribution is -2.31. The van der Waals surface area contributed by atoms with Crippen molar-refractivity contribution in [3.05, 3.63) is 18.0 Å². The minimum absolute atomic E-state index is 0.253. The molecule has 0 amide bonds. The summed E-state index contributed by atoms with van der Waals surface area (Å²) >= 11 is 0. The van der Waals surface area contributed by atoms with Gasteiger partial charge in [-0.2, -0.15) is 5.10 Å². The Balaban J connectivity index is 2.54. The summed E-state index contributed by atoms with van der Waals surface area (Å²) in [5, 5.41) is 18.0. The van der Waals surface area contributed by atoms with Gasteiger partial charge in [-0.1, -0.05) is 0 Å². The van der Waals surface area contributed by atoms with Gasteiger partial charge in [0, 0.05) is 25.9 Å². The van der Waals surface area contributed by atoms with E-state index in [-0.39, 0.29) is 6.04 Å². The Labute approximate surface area is 109 Å². The second kappa shape index (κ2) is 6.87. The van der Waals surface area contributed by atoms with Gasteiger partial charge in [0.25, 0.3) is 0 Å². The zero-order chi connectivity index (χ0) is 13.6. The summed E-state index contributed by atoms with van der Waals surface area (Å²) in [6.45, 7) is 8.19. The highest BCUT2D eigenvalue weighted by molar-refractivity contribution is 5.11. The minimum atomic E-state index is -0.860. The van der Waals surface area contributed by atoms with Crippen LogP contribution in [0.4, 0.5) is 0 Å². The van der Waals surface area contributed by atoms with Crippen molar-refractivity contribution in [3.63, 3.8) is 0 Å². The summed E-state index contributed by atoms with van der Waals surface area (Å²) in [6, 6.07) is 2.14. The van der Waals surface area contributed by atoms with Crippen LogP contribution in [0.3, 0.4) is 0 Å². The molecular weight excluding hydrogens is 230 g/mol. The van der Waals surface area contributed by atoms with Gasteiger partial charge in [0.05, 0.1) is 12.3 Å². The molecule has 0 spiro atoms. The Bertz CT molecular complexity index is 348. The van der Waals surface area contributed by atoms with E-state index in [0.717, 1.165) is 18.8 Å². The standard InChI is InChI=1S/C13H25N3O2/c1-11(2)16-12(5-7-15-16)13(3,17)6-8-14-9-10-18-4/h5,7,11,14,17H,6,8-10H2,1-4H3. The number of ether oxygens (including phenoxy) is 1. The fourth-order valence-corrected chi connectivity index (χ4v) is 1.91. The van der Waals surface area contributed by atoms with E-state index in [1.807, 2.05) is 17.7 Å². The van der Waals surface area contributed by atoms with Crippen LogP contribution in [-0.4, -0.2) is 41.7 Å². The lowest BCUT2D eigenvalue weighted by Gasteiger charge is -2.26. The molecule has 1 heterocycles. The monoisotopic (exact) mass is 255 g/mol. The second-order valence-electron chi connectivity index (χ2n) is 5.02. The first-order valence-corrected chi connectivity index (χ1v) is 6.45. The average molecular weight is 255 g/mol. The summed E-state index contributed by atoms with van der Waals surface area (Å²) < 4.78 is 6.83. The topological polar surface area (TPSA) is 59.3 Å². The molecule has 0 saturated carbocycles. The SMILES string of the molecule is COCCNCCC(C)(O)c1ccnn1C(C)C. The van der Waals surface area contributed by atoms with Crippen LogP contribution >= 0.6 is 0 Å². The molecule has 5 heteroatoms. The molecule has 0 fully saturated rings. The second-order valence-corrected chi connectivity index (χ2v) is 5.02. The van der Waals surface area contributed by atoms with Crippen molar-refractivity contribution in [1.82, 2.24) is 15.1 Å². The van der Waals surface area contributed by atoms with Crippen LogP contribution in [0.15, 0.2) is 12.3 Å². The molecule has 0 radical (unpaired) electrons. The Morgan fingerprint density at radius 1 is 1.50 bits per heavy atom. The van der Waals surface area contributed by atoms with Gasteiger partial charge >= 0.3 is 0 Å². The van der Waals surface area contributed by atoms with Gasteiger partial charge in [-0.25, -0.2) is 0 Å². The van der Waals surface area contributed by atoms with Crippen molar-refractivity contribution in [2.45, 2.75) is 38.8 Å². The van der Waals surface area contributed by atoms with E-state index in [4.69, 9.17) is 4.74 Å². The number of nitrogens with zero attached hydrogens (tertiary/aromatic N) is 2. The molecule has 0 aliphatic heterocycles. The Kier molecular flexibility index (Phi) is 5.78. The summed E-state index contributed by atoms with van der Waals surface area (Å²) in [5.41, 5.74) is 0.00643. The highest BCUT2D eigenvalue weighted by Crippen LogP contribution is 2.25. The predicted molar refractivity (Wildman–Crippen MR) is 71.5 cm³/mol. The molecule has 0 aliphatic carbocycles. The molecule has 1 atom stereocenters. The molecule has 1 unspecified atom stereocenters. The molecular formula is C13H25N3O2. The van der Waals surface area contributed by atoms with Gasteiger partial charge < -0.3 is 15.2 Å². The van der Waals surface area contributed by atoms with E-state index in [2.05, 4.69) is 24.3 Å². The van der Waals surface area contributed by atoms with Crippen molar-refractivity contribution in [2.75, 3.05) is 26.8 Å². The van der Waals surface area contributed by atoms with Crippen molar-refractivity contribution in [2.24, 2.45) is 0 Å². The Morgan fingerprint density at radius 2 is 2.22 bits per heavy atom. The van der Waals surface area contributed by atoms with Gasteiger partial charge in [0.2, 0.25) is 0 Å². The van der Waals surface area contributed by atoms with Gasteiger partial charge in [0.15, 0.2) is 0 Å². The molecule has 2 N–H and O–H groups in total. The molecule has 1 rings (SSSR count). The lowest BCUT2D eigenvalue weighted by atomic mass is 9.97. The summed E-state index contributed by atoms with van der Waals surface area (Å²) in [5.74, 6) is 0.